The summed E-state index contributed by atoms with van der Waals surface area (Å²) in [7, 11) is 0. The minimum absolute atomic E-state index is 0.0436. The number of hydrogen-bond donors (Lipinski definition) is 3. The Kier molecular flexibility index (Phi) is 4.77. The van der Waals surface area contributed by atoms with Crippen molar-refractivity contribution in [2.45, 2.75) is 25.3 Å². The van der Waals surface area contributed by atoms with Gasteiger partial charge in [0.2, 0.25) is 5.91 Å². The second-order valence-electron chi connectivity index (χ2n) is 7.90. The Balaban J connectivity index is 1.43. The number of nitrogens with one attached hydrogen (secondary N) is 3. The first-order valence-corrected chi connectivity index (χ1v) is 10.0. The average Bonchev–Trinajstić information content (AvgIpc) is 3.35. The molecule has 5 rings (SSSR count). The van der Waals surface area contributed by atoms with E-state index in [1.165, 1.54) is 18.2 Å². The predicted molar refractivity (Wildman–Crippen MR) is 110 cm³/mol. The third-order valence-corrected chi connectivity index (χ3v) is 5.93. The van der Waals surface area contributed by atoms with Gasteiger partial charge in [-0.05, 0) is 66.3 Å². The van der Waals surface area contributed by atoms with Crippen molar-refractivity contribution >= 4 is 16.8 Å². The summed E-state index contributed by atoms with van der Waals surface area (Å²) < 4.78 is 41.8. The van der Waals surface area contributed by atoms with Gasteiger partial charge in [0.05, 0.1) is 23.4 Å². The van der Waals surface area contributed by atoms with Crippen LogP contribution in [0.5, 0.6) is 0 Å². The van der Waals surface area contributed by atoms with Crippen molar-refractivity contribution in [2.24, 2.45) is 5.92 Å². The number of amides is 1. The molecule has 0 unspecified atom stereocenters. The van der Waals surface area contributed by atoms with Gasteiger partial charge in [-0.1, -0.05) is 0 Å². The smallest absolute Gasteiger partial charge is 0.223 e. The maximum Gasteiger partial charge on any atom is 0.223 e. The maximum absolute atomic E-state index is 14.4. The number of halogens is 3. The van der Waals surface area contributed by atoms with Crippen molar-refractivity contribution in [3.8, 4) is 11.3 Å². The Bertz CT molecular complexity index is 1240. The largest absolute Gasteiger partial charge is 0.352 e. The number of carbonyl (C=O) groups is 1. The molecular weight excluding hydrogens is 405 g/mol. The summed E-state index contributed by atoms with van der Waals surface area (Å²) in [5.41, 5.74) is 3.09. The third kappa shape index (κ3) is 3.58. The van der Waals surface area contributed by atoms with E-state index in [1.54, 1.807) is 24.4 Å². The van der Waals surface area contributed by atoms with Crippen LogP contribution in [0.25, 0.3) is 22.2 Å². The van der Waals surface area contributed by atoms with E-state index in [-0.39, 0.29) is 29.1 Å². The zero-order valence-corrected chi connectivity index (χ0v) is 16.4. The number of benzene rings is 2. The van der Waals surface area contributed by atoms with Gasteiger partial charge < -0.3 is 10.3 Å². The highest BCUT2D eigenvalue weighted by Gasteiger charge is 2.38. The Morgan fingerprint density at radius 2 is 1.84 bits per heavy atom. The molecule has 0 atom stereocenters. The summed E-state index contributed by atoms with van der Waals surface area (Å²) in [6.45, 7) is 0.365. The Morgan fingerprint density at radius 3 is 2.55 bits per heavy atom. The van der Waals surface area contributed by atoms with E-state index in [4.69, 9.17) is 0 Å². The third-order valence-electron chi connectivity index (χ3n) is 5.93. The van der Waals surface area contributed by atoms with Gasteiger partial charge in [0.15, 0.2) is 0 Å². The number of rotatable bonds is 5. The fourth-order valence-corrected chi connectivity index (χ4v) is 4.29. The lowest BCUT2D eigenvalue weighted by atomic mass is 9.70. The van der Waals surface area contributed by atoms with Gasteiger partial charge in [-0.2, -0.15) is 5.10 Å². The number of H-pyrrole nitrogens is 2. The lowest BCUT2D eigenvalue weighted by Gasteiger charge is -2.35. The van der Waals surface area contributed by atoms with Crippen molar-refractivity contribution in [3.05, 3.63) is 77.4 Å². The highest BCUT2D eigenvalue weighted by Crippen LogP contribution is 2.48. The molecule has 31 heavy (non-hydrogen) atoms. The minimum Gasteiger partial charge on any atom is -0.352 e. The van der Waals surface area contributed by atoms with E-state index in [2.05, 4.69) is 20.5 Å². The lowest BCUT2D eigenvalue weighted by Crippen LogP contribution is -2.37. The summed E-state index contributed by atoms with van der Waals surface area (Å²) in [5, 5.41) is 9.98. The van der Waals surface area contributed by atoms with Gasteiger partial charge in [0, 0.05) is 23.6 Å². The van der Waals surface area contributed by atoms with Gasteiger partial charge in [-0.3, -0.25) is 9.89 Å². The quantitative estimate of drug-likeness (QED) is 0.431. The summed E-state index contributed by atoms with van der Waals surface area (Å²) in [5.74, 6) is -2.01. The van der Waals surface area contributed by atoms with E-state index >= 15 is 0 Å². The van der Waals surface area contributed by atoms with Crippen LogP contribution in [0.15, 0.2) is 48.7 Å². The summed E-state index contributed by atoms with van der Waals surface area (Å²) in [4.78, 5) is 15.5. The molecule has 1 saturated carbocycles. The van der Waals surface area contributed by atoms with Gasteiger partial charge in [-0.25, -0.2) is 13.2 Å². The van der Waals surface area contributed by atoms with E-state index in [1.807, 2.05) is 0 Å². The second kappa shape index (κ2) is 7.61. The van der Waals surface area contributed by atoms with Gasteiger partial charge in [0.1, 0.15) is 17.5 Å². The molecule has 2 heterocycles. The topological polar surface area (TPSA) is 73.6 Å². The molecule has 1 aliphatic carbocycles. The fraction of sp³-hybridized carbons (Fsp3) is 0.217. The van der Waals surface area contributed by atoms with Crippen LogP contribution in [-0.4, -0.2) is 21.1 Å². The normalized spacial score (nSPS) is 18.2. The fourth-order valence-electron chi connectivity index (χ4n) is 4.29. The number of hydrogen-bond acceptors (Lipinski definition) is 2. The second-order valence-corrected chi connectivity index (χ2v) is 7.90. The zero-order valence-electron chi connectivity index (χ0n) is 16.4. The monoisotopic (exact) mass is 424 g/mol. The van der Waals surface area contributed by atoms with Crippen LogP contribution in [0.3, 0.4) is 0 Å². The first kappa shape index (κ1) is 19.4. The first-order chi connectivity index (χ1) is 15.0. The zero-order chi connectivity index (χ0) is 21.5. The van der Waals surface area contributed by atoms with E-state index in [0.717, 1.165) is 17.3 Å². The van der Waals surface area contributed by atoms with Gasteiger partial charge in [0.25, 0.3) is 0 Å². The van der Waals surface area contributed by atoms with Crippen LogP contribution < -0.4 is 5.32 Å². The Hall–Kier alpha value is -3.55. The molecular formula is C23H19F3N4O. The summed E-state index contributed by atoms with van der Waals surface area (Å²) in [6.07, 6.45) is 2.75. The lowest BCUT2D eigenvalue weighted by molar-refractivity contribution is -0.128. The molecule has 0 saturated heterocycles. The highest BCUT2D eigenvalue weighted by molar-refractivity contribution is 5.92. The van der Waals surface area contributed by atoms with Gasteiger partial charge >= 0.3 is 0 Å². The molecule has 2 aromatic heterocycles. The maximum atomic E-state index is 14.4. The molecule has 8 heteroatoms. The number of fused-ring (bicyclic) bond motifs is 1. The predicted octanol–water partition coefficient (Wildman–Crippen LogP) is 4.79. The molecule has 0 aliphatic heterocycles. The molecule has 4 aromatic rings. The minimum atomic E-state index is -0.683. The average molecular weight is 424 g/mol. The molecule has 2 aromatic carbocycles. The van der Waals surface area contributed by atoms with Gasteiger partial charge in [-0.15, -0.1) is 0 Å². The van der Waals surface area contributed by atoms with Crippen LogP contribution in [0.4, 0.5) is 13.2 Å². The molecule has 0 spiro atoms. The number of carbonyl (C=O) groups excluding carboxylic acids is 1. The molecule has 0 bridgehead atoms. The number of aromatic amines is 2. The van der Waals surface area contributed by atoms with Crippen molar-refractivity contribution < 1.29 is 18.0 Å². The Morgan fingerprint density at radius 1 is 1.06 bits per heavy atom. The van der Waals surface area contributed by atoms with Crippen LogP contribution in [-0.2, 0) is 11.3 Å². The van der Waals surface area contributed by atoms with Crippen LogP contribution in [0, 0.1) is 23.4 Å². The van der Waals surface area contributed by atoms with Crippen LogP contribution in [0.2, 0.25) is 0 Å². The molecule has 0 radical (unpaired) electrons. The summed E-state index contributed by atoms with van der Waals surface area (Å²) >= 11 is 0. The highest BCUT2D eigenvalue weighted by atomic mass is 19.1. The first-order valence-electron chi connectivity index (χ1n) is 10.0. The Labute approximate surface area is 175 Å². The molecule has 3 N–H and O–H groups in total. The van der Waals surface area contributed by atoms with E-state index < -0.39 is 11.6 Å². The van der Waals surface area contributed by atoms with Crippen molar-refractivity contribution in [1.29, 1.82) is 0 Å². The van der Waals surface area contributed by atoms with Crippen molar-refractivity contribution in [3.63, 3.8) is 0 Å². The standard InChI is InChI=1S/C23H19F3N4O/c24-15-3-1-12(2-4-15)21-20(18-9-16(25)10-19(26)22(18)29-21)13-7-14(8-13)23(31)27-11-17-5-6-28-30-17/h1-6,9-10,13-14,29H,7-8,11H2,(H,27,31)(H,28,30). The molecule has 158 valence electrons. The molecule has 1 amide bonds. The van der Waals surface area contributed by atoms with Crippen LogP contribution in [0.1, 0.15) is 30.0 Å². The molecule has 5 nitrogen and oxygen atoms in total. The van der Waals surface area contributed by atoms with Crippen molar-refractivity contribution in [1.82, 2.24) is 20.5 Å². The molecule has 1 fully saturated rings. The molecule has 1 aliphatic rings. The van der Waals surface area contributed by atoms with Crippen LogP contribution >= 0.6 is 0 Å². The SMILES string of the molecule is O=C(NCc1ccn[nH]1)C1CC(c2c(-c3ccc(F)cc3)[nH]c3c(F)cc(F)cc23)C1. The van der Waals surface area contributed by atoms with E-state index in [9.17, 15) is 18.0 Å². The van der Waals surface area contributed by atoms with Crippen molar-refractivity contribution in [2.75, 3.05) is 0 Å². The number of aromatic nitrogens is 3. The van der Waals surface area contributed by atoms with E-state index in [0.29, 0.717) is 36.0 Å². The summed E-state index contributed by atoms with van der Waals surface area (Å²) in [6, 6.07) is 9.79. The number of nitrogens with zero attached hydrogens (tertiary/aromatic N) is 1.